The maximum atomic E-state index is 12.6. The van der Waals surface area contributed by atoms with E-state index in [0.29, 0.717) is 6.20 Å². The van der Waals surface area contributed by atoms with Gasteiger partial charge >= 0.3 is 12.5 Å². The summed E-state index contributed by atoms with van der Waals surface area (Å²) in [7, 11) is 0.964. The van der Waals surface area contributed by atoms with E-state index in [9.17, 15) is 26.3 Å². The number of hydrogen-bond acceptors (Lipinski definition) is 3. The van der Waals surface area contributed by atoms with Crippen LogP contribution in [0.3, 0.4) is 0 Å². The Bertz CT molecular complexity index is 459. The molecule has 0 spiro atoms. The van der Waals surface area contributed by atoms with E-state index in [-0.39, 0.29) is 0 Å². The van der Waals surface area contributed by atoms with E-state index >= 15 is 0 Å². The van der Waals surface area contributed by atoms with Crippen LogP contribution >= 0.6 is 11.6 Å². The summed E-state index contributed by atoms with van der Waals surface area (Å²) in [6.07, 6.45) is -9.65. The van der Waals surface area contributed by atoms with Crippen LogP contribution in [0, 0.1) is 0 Å². The van der Waals surface area contributed by atoms with Crippen LogP contribution in [-0.4, -0.2) is 18.5 Å². The zero-order valence-corrected chi connectivity index (χ0v) is 9.95. The largest absolute Gasteiger partial charge is 0.573 e. The molecule has 10 heteroatoms. The molecule has 0 radical (unpaired) electrons. The van der Waals surface area contributed by atoms with Gasteiger partial charge in [-0.05, 0) is 0 Å². The van der Waals surface area contributed by atoms with E-state index in [1.54, 1.807) is 0 Å². The molecule has 19 heavy (non-hydrogen) atoms. The topological polar surface area (TPSA) is 31.4 Å². The molecule has 1 aromatic rings. The van der Waals surface area contributed by atoms with E-state index in [1.165, 1.54) is 0 Å². The Labute approximate surface area is 108 Å². The summed E-state index contributed by atoms with van der Waals surface area (Å²) in [5.41, 5.74) is -2.49. The first-order valence-corrected chi connectivity index (χ1v) is 5.08. The highest BCUT2D eigenvalue weighted by molar-refractivity contribution is 6.17. The number of ether oxygens (including phenoxy) is 2. The van der Waals surface area contributed by atoms with Gasteiger partial charge in [-0.15, -0.1) is 24.8 Å². The van der Waals surface area contributed by atoms with Crippen LogP contribution in [0.15, 0.2) is 6.20 Å². The van der Waals surface area contributed by atoms with Crippen molar-refractivity contribution < 1.29 is 35.8 Å². The van der Waals surface area contributed by atoms with Gasteiger partial charge in [0.2, 0.25) is 0 Å². The molecule has 1 rings (SSSR count). The van der Waals surface area contributed by atoms with Crippen LogP contribution in [0.25, 0.3) is 0 Å². The summed E-state index contributed by atoms with van der Waals surface area (Å²) >= 11 is 5.26. The van der Waals surface area contributed by atoms with E-state index in [0.717, 1.165) is 7.11 Å². The van der Waals surface area contributed by atoms with Gasteiger partial charge in [-0.3, -0.25) is 0 Å². The van der Waals surface area contributed by atoms with Crippen LogP contribution in [0.4, 0.5) is 26.3 Å². The first-order chi connectivity index (χ1) is 8.60. The number of rotatable bonds is 3. The zero-order valence-electron chi connectivity index (χ0n) is 9.19. The molecular formula is C9H6ClF6NO2. The molecule has 0 bridgehead atoms. The lowest BCUT2D eigenvalue weighted by atomic mass is 10.2. The highest BCUT2D eigenvalue weighted by Gasteiger charge is 2.40. The van der Waals surface area contributed by atoms with Crippen molar-refractivity contribution in [2.75, 3.05) is 7.11 Å². The Morgan fingerprint density at radius 3 is 2.16 bits per heavy atom. The first kappa shape index (κ1) is 15.7. The lowest BCUT2D eigenvalue weighted by Gasteiger charge is -2.18. The maximum absolute atomic E-state index is 12.6. The van der Waals surface area contributed by atoms with Crippen molar-refractivity contribution in [3.05, 3.63) is 17.5 Å². The predicted octanol–water partition coefficient (Wildman–Crippen LogP) is 3.75. The second-order valence-electron chi connectivity index (χ2n) is 3.16. The highest BCUT2D eigenvalue weighted by Crippen LogP contribution is 2.42. The molecule has 0 aliphatic heterocycles. The SMILES string of the molecule is COc1cnc(C(F)(F)F)c(CCl)c1OC(F)(F)F. The van der Waals surface area contributed by atoms with Crippen LogP contribution in [-0.2, 0) is 12.1 Å². The molecule has 0 N–H and O–H groups in total. The van der Waals surface area contributed by atoms with E-state index < -0.39 is 41.2 Å². The van der Waals surface area contributed by atoms with Gasteiger partial charge in [0, 0.05) is 5.56 Å². The molecule has 0 saturated carbocycles. The summed E-state index contributed by atoms with van der Waals surface area (Å²) in [4.78, 5) is 3.00. The van der Waals surface area contributed by atoms with Crippen molar-refractivity contribution in [2.24, 2.45) is 0 Å². The molecule has 0 aliphatic carbocycles. The minimum Gasteiger partial charge on any atom is -0.491 e. The number of pyridine rings is 1. The molecule has 1 aromatic heterocycles. The minimum atomic E-state index is -5.18. The fraction of sp³-hybridized carbons (Fsp3) is 0.444. The van der Waals surface area contributed by atoms with Crippen molar-refractivity contribution >= 4 is 11.6 Å². The van der Waals surface area contributed by atoms with Crippen LogP contribution in [0.2, 0.25) is 0 Å². The Morgan fingerprint density at radius 1 is 1.21 bits per heavy atom. The molecular weight excluding hydrogens is 304 g/mol. The molecule has 108 valence electrons. The van der Waals surface area contributed by atoms with E-state index in [4.69, 9.17) is 11.6 Å². The minimum absolute atomic E-state index is 0.486. The average molecular weight is 310 g/mol. The fourth-order valence-corrected chi connectivity index (χ4v) is 1.51. The van der Waals surface area contributed by atoms with Crippen molar-refractivity contribution in [3.8, 4) is 11.5 Å². The maximum Gasteiger partial charge on any atom is 0.573 e. The third-order valence-corrected chi connectivity index (χ3v) is 2.20. The molecule has 0 unspecified atom stereocenters. The van der Waals surface area contributed by atoms with Gasteiger partial charge in [-0.1, -0.05) is 0 Å². The molecule has 0 amide bonds. The number of nitrogens with zero attached hydrogens (tertiary/aromatic N) is 1. The summed E-state index contributed by atoms with van der Waals surface area (Å²) in [5, 5.41) is 0. The van der Waals surface area contributed by atoms with E-state index in [2.05, 4.69) is 14.5 Å². The quantitative estimate of drug-likeness (QED) is 0.629. The molecule has 0 aliphatic rings. The Morgan fingerprint density at radius 2 is 1.79 bits per heavy atom. The lowest BCUT2D eigenvalue weighted by Crippen LogP contribution is -2.21. The zero-order chi connectivity index (χ0) is 14.8. The average Bonchev–Trinajstić information content (AvgIpc) is 2.25. The summed E-state index contributed by atoms with van der Waals surface area (Å²) in [6, 6.07) is 0. The lowest BCUT2D eigenvalue weighted by molar-refractivity contribution is -0.275. The molecule has 0 saturated heterocycles. The molecule has 1 heterocycles. The Kier molecular flexibility index (Phi) is 4.39. The second-order valence-corrected chi connectivity index (χ2v) is 3.43. The number of aromatic nitrogens is 1. The highest BCUT2D eigenvalue weighted by atomic mass is 35.5. The summed E-state index contributed by atoms with van der Waals surface area (Å²) in [5.74, 6) is -2.61. The van der Waals surface area contributed by atoms with Crippen molar-refractivity contribution in [2.45, 2.75) is 18.4 Å². The van der Waals surface area contributed by atoms with Crippen LogP contribution < -0.4 is 9.47 Å². The van der Waals surface area contributed by atoms with Gasteiger partial charge < -0.3 is 9.47 Å². The van der Waals surface area contributed by atoms with Gasteiger partial charge in [0.1, 0.15) is 0 Å². The normalized spacial score (nSPS) is 12.4. The predicted molar refractivity (Wildman–Crippen MR) is 52.0 cm³/mol. The van der Waals surface area contributed by atoms with Crippen molar-refractivity contribution in [1.82, 2.24) is 4.98 Å². The van der Waals surface area contributed by atoms with E-state index in [1.807, 2.05) is 0 Å². The molecule has 3 nitrogen and oxygen atoms in total. The summed E-state index contributed by atoms with van der Waals surface area (Å²) < 4.78 is 82.3. The Balaban J connectivity index is 3.46. The van der Waals surface area contributed by atoms with Gasteiger partial charge in [-0.2, -0.15) is 13.2 Å². The smallest absolute Gasteiger partial charge is 0.491 e. The second kappa shape index (κ2) is 5.32. The molecule has 0 aromatic carbocycles. The molecule has 0 atom stereocenters. The number of alkyl halides is 7. The number of halogens is 7. The van der Waals surface area contributed by atoms with Gasteiger partial charge in [0.25, 0.3) is 0 Å². The van der Waals surface area contributed by atoms with Crippen LogP contribution in [0.1, 0.15) is 11.3 Å². The number of hydrogen-bond donors (Lipinski definition) is 0. The first-order valence-electron chi connectivity index (χ1n) is 4.55. The fourth-order valence-electron chi connectivity index (χ4n) is 1.26. The Hall–Kier alpha value is -1.38. The number of methoxy groups -OCH3 is 1. The van der Waals surface area contributed by atoms with Gasteiger partial charge in [0.05, 0.1) is 19.2 Å². The monoisotopic (exact) mass is 309 g/mol. The standard InChI is InChI=1S/C9H6ClF6NO2/c1-18-5-3-17-7(8(11,12)13)4(2-10)6(5)19-9(14,15)16/h3H,2H2,1H3. The van der Waals surface area contributed by atoms with Crippen LogP contribution in [0.5, 0.6) is 11.5 Å². The van der Waals surface area contributed by atoms with Gasteiger partial charge in [0.15, 0.2) is 17.2 Å². The summed E-state index contributed by atoms with van der Waals surface area (Å²) in [6.45, 7) is 0. The van der Waals surface area contributed by atoms with Gasteiger partial charge in [-0.25, -0.2) is 4.98 Å². The molecule has 0 fully saturated rings. The third-order valence-electron chi connectivity index (χ3n) is 1.93. The third kappa shape index (κ3) is 3.79. The van der Waals surface area contributed by atoms with Crippen molar-refractivity contribution in [3.63, 3.8) is 0 Å². The van der Waals surface area contributed by atoms with Crippen molar-refractivity contribution in [1.29, 1.82) is 0 Å².